The lowest BCUT2D eigenvalue weighted by atomic mass is 9.95. The number of rotatable bonds is 5. The van der Waals surface area contributed by atoms with Gasteiger partial charge in [-0.25, -0.2) is 4.79 Å². The molecular weight excluding hydrogens is 456 g/mol. The number of benzene rings is 2. The van der Waals surface area contributed by atoms with Crippen LogP contribution in [0.4, 0.5) is 4.79 Å². The van der Waals surface area contributed by atoms with Crippen LogP contribution in [0.25, 0.3) is 11.1 Å². The zero-order valence-electron chi connectivity index (χ0n) is 21.4. The minimum Gasteiger partial charge on any atom is -0.464 e. The van der Waals surface area contributed by atoms with E-state index in [4.69, 9.17) is 14.2 Å². The van der Waals surface area contributed by atoms with Crippen molar-refractivity contribution in [1.82, 2.24) is 10.2 Å². The first-order valence-electron chi connectivity index (χ1n) is 13.0. The fourth-order valence-corrected chi connectivity index (χ4v) is 4.71. The summed E-state index contributed by atoms with van der Waals surface area (Å²) in [6.07, 6.45) is 3.52. The topological polar surface area (TPSA) is 77.1 Å². The van der Waals surface area contributed by atoms with Gasteiger partial charge in [0.1, 0.15) is 11.4 Å². The Balaban J connectivity index is 1.16. The molecule has 2 aromatic rings. The van der Waals surface area contributed by atoms with Gasteiger partial charge in [0.05, 0.1) is 6.61 Å². The molecule has 2 heterocycles. The summed E-state index contributed by atoms with van der Waals surface area (Å²) in [5.74, 6) is 1.73. The summed E-state index contributed by atoms with van der Waals surface area (Å²) in [4.78, 5) is 26.4. The number of likely N-dealkylation sites (tertiary alicyclic amines) is 1. The first-order chi connectivity index (χ1) is 17.2. The number of hydrogen-bond donors (Lipinski definition) is 1. The predicted molar refractivity (Wildman–Crippen MR) is 137 cm³/mol. The smallest absolute Gasteiger partial charge is 0.410 e. The summed E-state index contributed by atoms with van der Waals surface area (Å²) >= 11 is 0. The van der Waals surface area contributed by atoms with Gasteiger partial charge in [-0.1, -0.05) is 18.2 Å². The number of carbonyl (C=O) groups excluding carboxylic acids is 2. The lowest BCUT2D eigenvalue weighted by Crippen LogP contribution is -2.45. The van der Waals surface area contributed by atoms with Gasteiger partial charge in [-0.15, -0.1) is 0 Å². The molecule has 7 nitrogen and oxygen atoms in total. The van der Waals surface area contributed by atoms with Crippen LogP contribution in [-0.2, 0) is 16.1 Å². The first-order valence-corrected chi connectivity index (χ1v) is 13.0. The van der Waals surface area contributed by atoms with Crippen molar-refractivity contribution >= 4 is 12.0 Å². The second-order valence-corrected chi connectivity index (χ2v) is 11.2. The molecule has 2 amide bonds. The zero-order valence-corrected chi connectivity index (χ0v) is 21.4. The lowest BCUT2D eigenvalue weighted by Gasteiger charge is -2.38. The Hall–Kier alpha value is -3.06. The van der Waals surface area contributed by atoms with E-state index in [1.807, 2.05) is 51.1 Å². The number of fused-ring (bicyclic) bond motifs is 1. The zero-order chi connectivity index (χ0) is 25.3. The Morgan fingerprint density at radius 2 is 1.69 bits per heavy atom. The third-order valence-electron chi connectivity index (χ3n) is 7.01. The van der Waals surface area contributed by atoms with Gasteiger partial charge in [0.2, 0.25) is 6.29 Å². The van der Waals surface area contributed by atoms with Crippen molar-refractivity contribution < 1.29 is 23.8 Å². The Morgan fingerprint density at radius 1 is 1.00 bits per heavy atom. The molecule has 1 aliphatic carbocycles. The molecule has 1 saturated carbocycles. The van der Waals surface area contributed by atoms with E-state index < -0.39 is 5.60 Å². The van der Waals surface area contributed by atoms with Crippen LogP contribution >= 0.6 is 0 Å². The summed E-state index contributed by atoms with van der Waals surface area (Å²) in [6, 6.07) is 13.9. The molecule has 0 spiro atoms. The fourth-order valence-electron chi connectivity index (χ4n) is 4.71. The summed E-state index contributed by atoms with van der Waals surface area (Å²) in [5.41, 5.74) is 3.33. The van der Waals surface area contributed by atoms with Gasteiger partial charge in [0.25, 0.3) is 5.91 Å². The van der Waals surface area contributed by atoms with Crippen LogP contribution in [-0.4, -0.2) is 48.4 Å². The Bertz CT molecular complexity index is 1100. The molecule has 2 aliphatic heterocycles. The summed E-state index contributed by atoms with van der Waals surface area (Å²) < 4.78 is 17.8. The molecule has 5 rings (SSSR count). The highest BCUT2D eigenvalue weighted by Gasteiger charge is 2.34. The normalized spacial score (nSPS) is 20.3. The van der Waals surface area contributed by atoms with Crippen molar-refractivity contribution in [2.75, 3.05) is 19.6 Å². The maximum absolute atomic E-state index is 12.3. The highest BCUT2D eigenvalue weighted by molar-refractivity contribution is 5.94. The van der Waals surface area contributed by atoms with Gasteiger partial charge in [0, 0.05) is 36.7 Å². The van der Waals surface area contributed by atoms with Crippen LogP contribution in [0.15, 0.2) is 42.5 Å². The van der Waals surface area contributed by atoms with Crippen LogP contribution in [0.1, 0.15) is 62.4 Å². The number of piperidine rings is 1. The van der Waals surface area contributed by atoms with E-state index in [2.05, 4.69) is 17.4 Å². The second-order valence-electron chi connectivity index (χ2n) is 11.2. The van der Waals surface area contributed by atoms with E-state index in [9.17, 15) is 9.59 Å². The molecule has 36 heavy (non-hydrogen) atoms. The second kappa shape index (κ2) is 10.1. The molecule has 0 aromatic heterocycles. The number of amides is 2. The molecule has 3 aliphatic rings. The summed E-state index contributed by atoms with van der Waals surface area (Å²) in [5, 5.41) is 3.01. The molecule has 1 atom stereocenters. The van der Waals surface area contributed by atoms with Crippen molar-refractivity contribution in [2.24, 2.45) is 11.8 Å². The molecule has 192 valence electrons. The molecule has 0 radical (unpaired) electrons. The van der Waals surface area contributed by atoms with Crippen LogP contribution in [0, 0.1) is 11.8 Å². The van der Waals surface area contributed by atoms with Crippen molar-refractivity contribution in [3.8, 4) is 16.9 Å². The summed E-state index contributed by atoms with van der Waals surface area (Å²) in [7, 11) is 0. The van der Waals surface area contributed by atoms with Crippen molar-refractivity contribution in [3.63, 3.8) is 0 Å². The third kappa shape index (κ3) is 6.01. The number of nitrogens with one attached hydrogen (secondary N) is 1. The Morgan fingerprint density at radius 3 is 2.36 bits per heavy atom. The quantitative estimate of drug-likeness (QED) is 0.607. The van der Waals surface area contributed by atoms with Crippen molar-refractivity contribution in [1.29, 1.82) is 0 Å². The standard InChI is InChI=1S/C29H36N2O5/c1-29(2,3)36-28(33)31-14-12-22(13-15-31)27-34-18-24-16-23(10-11-25(24)35-27)20-6-8-21(9-7-20)26(32)30-17-19-4-5-19/h6-11,16,19,22,27H,4-5,12-15,17-18H2,1-3H3,(H,30,32). The Labute approximate surface area is 213 Å². The molecule has 2 aromatic carbocycles. The largest absolute Gasteiger partial charge is 0.464 e. The van der Waals surface area contributed by atoms with E-state index in [-0.39, 0.29) is 24.2 Å². The van der Waals surface area contributed by atoms with Crippen LogP contribution < -0.4 is 10.1 Å². The van der Waals surface area contributed by atoms with Crippen LogP contribution in [0.5, 0.6) is 5.75 Å². The molecule has 1 unspecified atom stereocenters. The van der Waals surface area contributed by atoms with Gasteiger partial charge in [-0.3, -0.25) is 4.79 Å². The number of nitrogens with zero attached hydrogens (tertiary/aromatic N) is 1. The SMILES string of the molecule is CC(C)(C)OC(=O)N1CCC(C2OCc3cc(-c4ccc(C(=O)NCC5CC5)cc4)ccc3O2)CC1. The van der Waals surface area contributed by atoms with Gasteiger partial charge in [-0.2, -0.15) is 0 Å². The van der Waals surface area contributed by atoms with Crippen LogP contribution in [0.3, 0.4) is 0 Å². The number of hydrogen-bond acceptors (Lipinski definition) is 5. The van der Waals surface area contributed by atoms with Crippen molar-refractivity contribution in [3.05, 3.63) is 53.6 Å². The molecule has 1 N–H and O–H groups in total. The van der Waals surface area contributed by atoms with E-state index in [0.29, 0.717) is 31.2 Å². The van der Waals surface area contributed by atoms with E-state index in [1.54, 1.807) is 4.90 Å². The van der Waals surface area contributed by atoms with E-state index >= 15 is 0 Å². The summed E-state index contributed by atoms with van der Waals surface area (Å²) in [6.45, 7) is 8.20. The van der Waals surface area contributed by atoms with Gasteiger partial charge < -0.3 is 24.4 Å². The lowest BCUT2D eigenvalue weighted by molar-refractivity contribution is -0.149. The molecular formula is C29H36N2O5. The minimum atomic E-state index is -0.488. The van der Waals surface area contributed by atoms with Crippen LogP contribution in [0.2, 0.25) is 0 Å². The van der Waals surface area contributed by atoms with E-state index in [0.717, 1.165) is 41.8 Å². The van der Waals surface area contributed by atoms with Crippen molar-refractivity contribution in [2.45, 2.75) is 65.0 Å². The highest BCUT2D eigenvalue weighted by atomic mass is 16.7. The minimum absolute atomic E-state index is 0.0105. The molecule has 0 bridgehead atoms. The third-order valence-corrected chi connectivity index (χ3v) is 7.01. The van der Waals surface area contributed by atoms with Gasteiger partial charge in [0.15, 0.2) is 0 Å². The van der Waals surface area contributed by atoms with E-state index in [1.165, 1.54) is 12.8 Å². The fraction of sp³-hybridized carbons (Fsp3) is 0.517. The van der Waals surface area contributed by atoms with Gasteiger partial charge in [-0.05, 0) is 87.8 Å². The molecule has 7 heteroatoms. The molecule has 2 fully saturated rings. The molecule has 1 saturated heterocycles. The average molecular weight is 493 g/mol. The first kappa shape index (κ1) is 24.6. The number of ether oxygens (including phenoxy) is 3. The monoisotopic (exact) mass is 492 g/mol. The van der Waals surface area contributed by atoms with Gasteiger partial charge >= 0.3 is 6.09 Å². The maximum atomic E-state index is 12.3. The maximum Gasteiger partial charge on any atom is 0.410 e. The number of carbonyl (C=O) groups is 2. The average Bonchev–Trinajstić information content (AvgIpc) is 3.70. The highest BCUT2D eigenvalue weighted by Crippen LogP contribution is 2.35. The predicted octanol–water partition coefficient (Wildman–Crippen LogP) is 5.38. The Kier molecular flexibility index (Phi) is 6.93.